The zero-order valence-corrected chi connectivity index (χ0v) is 20.0. The number of pyridine rings is 1. The monoisotopic (exact) mass is 499 g/mol. The Labute approximate surface area is 207 Å². The maximum atomic E-state index is 12.9. The zero-order chi connectivity index (χ0) is 24.1. The van der Waals surface area contributed by atoms with Crippen LogP contribution in [0, 0.1) is 0 Å². The molecule has 0 aliphatic carbocycles. The molecule has 3 N–H and O–H groups in total. The summed E-state index contributed by atoms with van der Waals surface area (Å²) in [5, 5.41) is 24.1. The Morgan fingerprint density at radius 3 is 2.59 bits per heavy atom. The molecule has 178 valence electrons. The molecule has 4 rings (SSSR count). The summed E-state index contributed by atoms with van der Waals surface area (Å²) < 4.78 is 0. The van der Waals surface area contributed by atoms with E-state index in [0.29, 0.717) is 18.0 Å². The highest BCUT2D eigenvalue weighted by molar-refractivity contribution is 7.12. The molecule has 3 heterocycles. The van der Waals surface area contributed by atoms with E-state index in [-0.39, 0.29) is 12.6 Å². The fourth-order valence-corrected chi connectivity index (χ4v) is 5.32. The smallest absolute Gasteiger partial charge is 0.255 e. The number of carbonyl (C=O) groups is 2. The standard InChI is InChI=1S/C25H26ClN3O4S/c26-20-5-2-1-4-17(20)14-18-7-8-19(34-18)15-28-24(32)22(30)23(31)25(33)29-13-3-6-21(29)16-9-11-27-12-10-16/h1-2,4-5,7-12,21-23,30-31H,3,6,13-15H2,(H,28,32)/t21?,22-,23-/m1/s1. The number of benzene rings is 1. The van der Waals surface area contributed by atoms with Gasteiger partial charge in [-0.15, -0.1) is 11.3 Å². The number of halogens is 1. The number of aromatic nitrogens is 1. The first-order chi connectivity index (χ1) is 16.4. The Kier molecular flexibility index (Phi) is 7.95. The van der Waals surface area contributed by atoms with Crippen LogP contribution in [0.4, 0.5) is 0 Å². The number of hydrogen-bond acceptors (Lipinski definition) is 6. The topological polar surface area (TPSA) is 103 Å². The Hall–Kier alpha value is -2.78. The van der Waals surface area contributed by atoms with Gasteiger partial charge in [-0.25, -0.2) is 0 Å². The molecule has 1 fully saturated rings. The lowest BCUT2D eigenvalue weighted by Crippen LogP contribution is -2.50. The number of likely N-dealkylation sites (tertiary alicyclic amines) is 1. The van der Waals surface area contributed by atoms with Crippen LogP contribution in [0.15, 0.2) is 60.9 Å². The summed E-state index contributed by atoms with van der Waals surface area (Å²) in [7, 11) is 0. The zero-order valence-electron chi connectivity index (χ0n) is 18.4. The quantitative estimate of drug-likeness (QED) is 0.442. The van der Waals surface area contributed by atoms with Gasteiger partial charge >= 0.3 is 0 Å². The fraction of sp³-hybridized carbons (Fsp3) is 0.320. The summed E-state index contributed by atoms with van der Waals surface area (Å²) in [6, 6.07) is 15.0. The third kappa shape index (κ3) is 5.64. The largest absolute Gasteiger partial charge is 0.380 e. The highest BCUT2D eigenvalue weighted by Crippen LogP contribution is 2.32. The Morgan fingerprint density at radius 1 is 1.09 bits per heavy atom. The summed E-state index contributed by atoms with van der Waals surface area (Å²) in [6.07, 6.45) is 1.83. The third-order valence-corrected chi connectivity index (χ3v) is 7.38. The second-order valence-corrected chi connectivity index (χ2v) is 9.87. The average Bonchev–Trinajstić information content (AvgIpc) is 3.53. The third-order valence-electron chi connectivity index (χ3n) is 5.92. The molecule has 1 unspecified atom stereocenters. The molecule has 34 heavy (non-hydrogen) atoms. The molecule has 0 bridgehead atoms. The Balaban J connectivity index is 1.31. The van der Waals surface area contributed by atoms with Crippen molar-refractivity contribution in [3.63, 3.8) is 0 Å². The number of nitrogens with one attached hydrogen (secondary N) is 1. The van der Waals surface area contributed by atoms with Crippen LogP contribution in [0.25, 0.3) is 0 Å². The van der Waals surface area contributed by atoms with Crippen LogP contribution in [0.3, 0.4) is 0 Å². The van der Waals surface area contributed by atoms with Crippen LogP contribution in [0.5, 0.6) is 0 Å². The molecule has 7 nitrogen and oxygen atoms in total. The first kappa shape index (κ1) is 24.3. The van der Waals surface area contributed by atoms with Crippen molar-refractivity contribution in [2.45, 2.75) is 44.1 Å². The van der Waals surface area contributed by atoms with E-state index in [2.05, 4.69) is 10.3 Å². The number of amides is 2. The van der Waals surface area contributed by atoms with Crippen molar-refractivity contribution in [2.75, 3.05) is 6.54 Å². The minimum atomic E-state index is -1.85. The van der Waals surface area contributed by atoms with E-state index in [0.717, 1.165) is 33.7 Å². The maximum absolute atomic E-state index is 12.9. The Bertz CT molecular complexity index is 1140. The average molecular weight is 500 g/mol. The van der Waals surface area contributed by atoms with Crippen molar-refractivity contribution >= 4 is 34.8 Å². The summed E-state index contributed by atoms with van der Waals surface area (Å²) in [5.41, 5.74) is 1.93. The van der Waals surface area contributed by atoms with Crippen LogP contribution in [0.1, 0.15) is 39.8 Å². The molecule has 0 radical (unpaired) electrons. The van der Waals surface area contributed by atoms with Crippen molar-refractivity contribution < 1.29 is 19.8 Å². The van der Waals surface area contributed by atoms with Crippen LogP contribution in [-0.4, -0.2) is 50.7 Å². The number of nitrogens with zero attached hydrogens (tertiary/aromatic N) is 2. The summed E-state index contributed by atoms with van der Waals surface area (Å²) in [4.78, 5) is 32.8. The lowest BCUT2D eigenvalue weighted by molar-refractivity contribution is -0.153. The van der Waals surface area contributed by atoms with E-state index in [1.807, 2.05) is 48.5 Å². The molecule has 9 heteroatoms. The first-order valence-corrected chi connectivity index (χ1v) is 12.3. The van der Waals surface area contributed by atoms with E-state index in [4.69, 9.17) is 11.6 Å². The second kappa shape index (κ2) is 11.1. The summed E-state index contributed by atoms with van der Waals surface area (Å²) in [5.74, 6) is -1.44. The minimum absolute atomic E-state index is 0.188. The fourth-order valence-electron chi connectivity index (χ4n) is 4.13. The summed E-state index contributed by atoms with van der Waals surface area (Å²) in [6.45, 7) is 0.647. The van der Waals surface area contributed by atoms with Crippen molar-refractivity contribution in [3.8, 4) is 0 Å². The molecule has 1 saturated heterocycles. The van der Waals surface area contributed by atoms with Crippen molar-refractivity contribution in [3.05, 3.63) is 86.8 Å². The van der Waals surface area contributed by atoms with E-state index in [1.165, 1.54) is 16.2 Å². The maximum Gasteiger partial charge on any atom is 0.255 e. The van der Waals surface area contributed by atoms with Crippen LogP contribution in [-0.2, 0) is 22.6 Å². The number of hydrogen-bond donors (Lipinski definition) is 3. The molecular weight excluding hydrogens is 474 g/mol. The predicted molar refractivity (Wildman–Crippen MR) is 130 cm³/mol. The lowest BCUT2D eigenvalue weighted by atomic mass is 10.0. The van der Waals surface area contributed by atoms with Gasteiger partial charge in [-0.2, -0.15) is 0 Å². The van der Waals surface area contributed by atoms with Crippen molar-refractivity contribution in [1.82, 2.24) is 15.2 Å². The molecule has 1 aromatic carbocycles. The van der Waals surface area contributed by atoms with Gasteiger partial charge in [-0.05, 0) is 54.3 Å². The number of rotatable bonds is 8. The highest BCUT2D eigenvalue weighted by Gasteiger charge is 2.38. The first-order valence-electron chi connectivity index (χ1n) is 11.1. The van der Waals surface area contributed by atoms with Gasteiger partial charge in [0, 0.05) is 40.1 Å². The van der Waals surface area contributed by atoms with Gasteiger partial charge in [0.05, 0.1) is 12.6 Å². The second-order valence-electron chi connectivity index (χ2n) is 8.21. The van der Waals surface area contributed by atoms with Gasteiger partial charge in [-0.3, -0.25) is 14.6 Å². The van der Waals surface area contributed by atoms with E-state index >= 15 is 0 Å². The van der Waals surface area contributed by atoms with Crippen molar-refractivity contribution in [2.24, 2.45) is 0 Å². The van der Waals surface area contributed by atoms with Crippen molar-refractivity contribution in [1.29, 1.82) is 0 Å². The SMILES string of the molecule is O=C(NCc1ccc(Cc2ccccc2Cl)s1)[C@H](O)[C@@H](O)C(=O)N1CCCC1c1ccncc1. The van der Waals surface area contributed by atoms with Crippen LogP contribution in [0.2, 0.25) is 5.02 Å². The van der Waals surface area contributed by atoms with Crippen LogP contribution >= 0.6 is 22.9 Å². The summed E-state index contributed by atoms with van der Waals surface area (Å²) >= 11 is 7.75. The van der Waals surface area contributed by atoms with Gasteiger partial charge in [-0.1, -0.05) is 29.8 Å². The van der Waals surface area contributed by atoms with Crippen LogP contribution < -0.4 is 5.32 Å². The van der Waals surface area contributed by atoms with E-state index in [1.54, 1.807) is 12.4 Å². The number of thiophene rings is 1. The predicted octanol–water partition coefficient (Wildman–Crippen LogP) is 3.09. The van der Waals surface area contributed by atoms with Gasteiger partial charge < -0.3 is 20.4 Å². The number of aliphatic hydroxyl groups is 2. The van der Waals surface area contributed by atoms with Gasteiger partial charge in [0.1, 0.15) is 0 Å². The molecule has 0 spiro atoms. The minimum Gasteiger partial charge on any atom is -0.380 e. The molecule has 1 aliphatic heterocycles. The molecule has 3 aromatic rings. The molecule has 3 atom stereocenters. The lowest BCUT2D eigenvalue weighted by Gasteiger charge is -2.28. The Morgan fingerprint density at radius 2 is 1.82 bits per heavy atom. The van der Waals surface area contributed by atoms with E-state index < -0.39 is 24.0 Å². The number of carbonyl (C=O) groups excluding carboxylic acids is 2. The molecule has 0 saturated carbocycles. The van der Waals surface area contributed by atoms with Gasteiger partial charge in [0.15, 0.2) is 12.2 Å². The molecular formula is C25H26ClN3O4S. The number of aliphatic hydroxyl groups excluding tert-OH is 2. The van der Waals surface area contributed by atoms with Gasteiger partial charge in [0.2, 0.25) is 0 Å². The highest BCUT2D eigenvalue weighted by atomic mass is 35.5. The molecule has 2 aromatic heterocycles. The molecule has 1 aliphatic rings. The van der Waals surface area contributed by atoms with E-state index in [9.17, 15) is 19.8 Å². The normalized spacial score (nSPS) is 17.4. The molecule has 2 amide bonds. The van der Waals surface area contributed by atoms with Gasteiger partial charge in [0.25, 0.3) is 11.8 Å².